The molecule has 0 atom stereocenters. The first-order valence-corrected chi connectivity index (χ1v) is 6.19. The molecule has 2 N–H and O–H groups in total. The summed E-state index contributed by atoms with van der Waals surface area (Å²) in [7, 11) is 0. The van der Waals surface area contributed by atoms with Crippen LogP contribution < -0.4 is 5.73 Å². The Morgan fingerprint density at radius 3 is 2.82 bits per heavy atom. The SMILES string of the molecule is CCc1sc2c(-c3ccncc3)noc2c1N. The summed E-state index contributed by atoms with van der Waals surface area (Å²) in [4.78, 5) is 5.14. The van der Waals surface area contributed by atoms with E-state index in [0.717, 1.165) is 32.9 Å². The number of nitrogens with two attached hydrogens (primary N) is 1. The first kappa shape index (κ1) is 10.3. The molecule has 0 spiro atoms. The van der Waals surface area contributed by atoms with Crippen LogP contribution >= 0.6 is 11.3 Å². The lowest BCUT2D eigenvalue weighted by Crippen LogP contribution is -1.85. The Hall–Kier alpha value is -1.88. The van der Waals surface area contributed by atoms with Crippen LogP contribution in [0.1, 0.15) is 11.8 Å². The van der Waals surface area contributed by atoms with Gasteiger partial charge < -0.3 is 10.3 Å². The van der Waals surface area contributed by atoms with Gasteiger partial charge in [-0.1, -0.05) is 12.1 Å². The number of rotatable bonds is 2. The average molecular weight is 245 g/mol. The maximum atomic E-state index is 6.01. The van der Waals surface area contributed by atoms with E-state index in [1.165, 1.54) is 0 Å². The fourth-order valence-electron chi connectivity index (χ4n) is 1.81. The topological polar surface area (TPSA) is 64.9 Å². The first-order valence-electron chi connectivity index (χ1n) is 5.38. The van der Waals surface area contributed by atoms with Crippen LogP contribution in [0.25, 0.3) is 21.5 Å². The highest BCUT2D eigenvalue weighted by Crippen LogP contribution is 2.39. The highest BCUT2D eigenvalue weighted by atomic mass is 32.1. The predicted octanol–water partition coefficient (Wildman–Crippen LogP) is 3.10. The number of aryl methyl sites for hydroxylation is 1. The van der Waals surface area contributed by atoms with E-state index in [9.17, 15) is 0 Å². The van der Waals surface area contributed by atoms with Crippen LogP contribution in [0.5, 0.6) is 0 Å². The molecule has 0 aliphatic heterocycles. The van der Waals surface area contributed by atoms with E-state index in [4.69, 9.17) is 10.3 Å². The van der Waals surface area contributed by atoms with E-state index in [2.05, 4.69) is 17.1 Å². The highest BCUT2D eigenvalue weighted by molar-refractivity contribution is 7.20. The number of pyridine rings is 1. The van der Waals surface area contributed by atoms with Crippen molar-refractivity contribution in [1.29, 1.82) is 0 Å². The summed E-state index contributed by atoms with van der Waals surface area (Å²) < 4.78 is 6.35. The summed E-state index contributed by atoms with van der Waals surface area (Å²) >= 11 is 1.65. The van der Waals surface area contributed by atoms with Gasteiger partial charge in [-0.15, -0.1) is 11.3 Å². The summed E-state index contributed by atoms with van der Waals surface area (Å²) in [5.74, 6) is 0. The van der Waals surface area contributed by atoms with Crippen molar-refractivity contribution in [2.24, 2.45) is 0 Å². The maximum Gasteiger partial charge on any atom is 0.201 e. The van der Waals surface area contributed by atoms with Crippen LogP contribution in [-0.4, -0.2) is 10.1 Å². The third kappa shape index (κ3) is 1.51. The Morgan fingerprint density at radius 1 is 1.35 bits per heavy atom. The molecule has 86 valence electrons. The van der Waals surface area contributed by atoms with Gasteiger partial charge in [0.2, 0.25) is 5.58 Å². The smallest absolute Gasteiger partial charge is 0.201 e. The summed E-state index contributed by atoms with van der Waals surface area (Å²) in [5.41, 5.74) is 9.28. The Kier molecular flexibility index (Phi) is 2.33. The number of nitrogens with zero attached hydrogens (tertiary/aromatic N) is 2. The lowest BCUT2D eigenvalue weighted by molar-refractivity contribution is 0.460. The number of aromatic nitrogens is 2. The molecule has 0 aromatic carbocycles. The van der Waals surface area contributed by atoms with Crippen molar-refractivity contribution >= 4 is 27.3 Å². The van der Waals surface area contributed by atoms with Crippen molar-refractivity contribution in [3.63, 3.8) is 0 Å². The Balaban J connectivity index is 2.25. The van der Waals surface area contributed by atoms with Gasteiger partial charge in [-0.2, -0.15) is 0 Å². The minimum Gasteiger partial charge on any atom is -0.395 e. The molecule has 0 saturated heterocycles. The van der Waals surface area contributed by atoms with E-state index >= 15 is 0 Å². The minimum absolute atomic E-state index is 0.707. The standard InChI is InChI=1S/C12H11N3OS/c1-2-8-9(13)11-12(17-8)10(15-16-11)7-3-5-14-6-4-7/h3-6H,2,13H2,1H3. The third-order valence-corrected chi connectivity index (χ3v) is 4.03. The fraction of sp³-hybridized carbons (Fsp3) is 0.167. The highest BCUT2D eigenvalue weighted by Gasteiger charge is 2.18. The van der Waals surface area contributed by atoms with Crippen LogP contribution in [0.3, 0.4) is 0 Å². The predicted molar refractivity (Wildman–Crippen MR) is 68.9 cm³/mol. The van der Waals surface area contributed by atoms with Crippen molar-refractivity contribution in [1.82, 2.24) is 10.1 Å². The molecular weight excluding hydrogens is 234 g/mol. The van der Waals surface area contributed by atoms with E-state index in [1.807, 2.05) is 12.1 Å². The van der Waals surface area contributed by atoms with Gasteiger partial charge in [-0.05, 0) is 18.6 Å². The van der Waals surface area contributed by atoms with Crippen LogP contribution in [-0.2, 0) is 6.42 Å². The molecule has 0 aliphatic rings. The van der Waals surface area contributed by atoms with Gasteiger partial charge in [0, 0.05) is 22.8 Å². The van der Waals surface area contributed by atoms with E-state index in [0.29, 0.717) is 5.58 Å². The molecule has 0 unspecified atom stereocenters. The fourth-order valence-corrected chi connectivity index (χ4v) is 2.89. The van der Waals surface area contributed by atoms with Crippen LogP contribution in [0.15, 0.2) is 29.0 Å². The van der Waals surface area contributed by atoms with Gasteiger partial charge in [0.1, 0.15) is 10.4 Å². The maximum absolute atomic E-state index is 6.01. The number of anilines is 1. The second-order valence-electron chi connectivity index (χ2n) is 3.72. The second kappa shape index (κ2) is 3.85. The van der Waals surface area contributed by atoms with Gasteiger partial charge in [-0.25, -0.2) is 0 Å². The van der Waals surface area contributed by atoms with Crippen LogP contribution in [0.2, 0.25) is 0 Å². The zero-order valence-electron chi connectivity index (χ0n) is 9.30. The van der Waals surface area contributed by atoms with Crippen LogP contribution in [0, 0.1) is 0 Å². The largest absolute Gasteiger partial charge is 0.395 e. The van der Waals surface area contributed by atoms with Gasteiger partial charge in [0.15, 0.2) is 0 Å². The molecule has 4 nitrogen and oxygen atoms in total. The van der Waals surface area contributed by atoms with Gasteiger partial charge in [0.25, 0.3) is 0 Å². The number of thiophene rings is 1. The molecule has 0 aliphatic carbocycles. The van der Waals surface area contributed by atoms with Crippen molar-refractivity contribution in [3.8, 4) is 11.3 Å². The van der Waals surface area contributed by atoms with Gasteiger partial charge in [0.05, 0.1) is 5.69 Å². The quantitative estimate of drug-likeness (QED) is 0.753. The molecule has 3 heterocycles. The van der Waals surface area contributed by atoms with Gasteiger partial charge in [-0.3, -0.25) is 4.98 Å². The molecule has 0 fully saturated rings. The molecule has 17 heavy (non-hydrogen) atoms. The molecule has 0 saturated carbocycles. The monoisotopic (exact) mass is 245 g/mol. The lowest BCUT2D eigenvalue weighted by atomic mass is 10.2. The Labute approximate surface area is 102 Å². The number of hydrogen-bond donors (Lipinski definition) is 1. The zero-order valence-corrected chi connectivity index (χ0v) is 10.1. The Bertz CT molecular complexity index is 657. The number of hydrogen-bond acceptors (Lipinski definition) is 5. The summed E-state index contributed by atoms with van der Waals surface area (Å²) in [6, 6.07) is 3.83. The summed E-state index contributed by atoms with van der Waals surface area (Å²) in [6.07, 6.45) is 4.40. The molecule has 0 radical (unpaired) electrons. The van der Waals surface area contributed by atoms with Crippen molar-refractivity contribution in [2.45, 2.75) is 13.3 Å². The van der Waals surface area contributed by atoms with Crippen molar-refractivity contribution in [2.75, 3.05) is 5.73 Å². The van der Waals surface area contributed by atoms with Gasteiger partial charge >= 0.3 is 0 Å². The lowest BCUT2D eigenvalue weighted by Gasteiger charge is -1.93. The summed E-state index contributed by atoms with van der Waals surface area (Å²) in [5, 5.41) is 4.09. The molecule has 3 aromatic rings. The molecule has 0 bridgehead atoms. The van der Waals surface area contributed by atoms with Crippen LogP contribution in [0.4, 0.5) is 5.69 Å². The zero-order chi connectivity index (χ0) is 11.8. The molecule has 0 amide bonds. The molecule has 3 aromatic heterocycles. The Morgan fingerprint density at radius 2 is 2.12 bits per heavy atom. The normalized spacial score (nSPS) is 11.1. The van der Waals surface area contributed by atoms with E-state index in [-0.39, 0.29) is 0 Å². The van der Waals surface area contributed by atoms with E-state index in [1.54, 1.807) is 23.7 Å². The van der Waals surface area contributed by atoms with Crippen molar-refractivity contribution < 1.29 is 4.52 Å². The molecule has 5 heteroatoms. The number of nitrogen functional groups attached to an aromatic ring is 1. The summed E-state index contributed by atoms with van der Waals surface area (Å²) in [6.45, 7) is 2.08. The molecular formula is C12H11N3OS. The van der Waals surface area contributed by atoms with E-state index < -0.39 is 0 Å². The third-order valence-electron chi connectivity index (χ3n) is 2.69. The molecule has 3 rings (SSSR count). The second-order valence-corrected chi connectivity index (χ2v) is 4.82. The minimum atomic E-state index is 0.707. The first-order chi connectivity index (χ1) is 8.31. The number of fused-ring (bicyclic) bond motifs is 1. The average Bonchev–Trinajstić information content (AvgIpc) is 2.91. The van der Waals surface area contributed by atoms with Crippen molar-refractivity contribution in [3.05, 3.63) is 29.4 Å².